The molecule has 28 heavy (non-hydrogen) atoms. The van der Waals surface area contributed by atoms with Crippen LogP contribution in [0.25, 0.3) is 11.0 Å². The van der Waals surface area contributed by atoms with Gasteiger partial charge >= 0.3 is 0 Å². The van der Waals surface area contributed by atoms with Crippen LogP contribution < -0.4 is 10.0 Å². The summed E-state index contributed by atoms with van der Waals surface area (Å²) < 4.78 is 28.1. The Kier molecular flexibility index (Phi) is 4.48. The summed E-state index contributed by atoms with van der Waals surface area (Å²) in [6.45, 7) is 3.79. The molecule has 0 bridgehead atoms. The summed E-state index contributed by atoms with van der Waals surface area (Å²) in [5, 5.41) is 10.3. The summed E-state index contributed by atoms with van der Waals surface area (Å²) >= 11 is 0. The molecule has 0 radical (unpaired) electrons. The summed E-state index contributed by atoms with van der Waals surface area (Å²) in [6, 6.07) is 15.9. The zero-order chi connectivity index (χ0) is 19.7. The predicted octanol–water partition coefficient (Wildman–Crippen LogP) is 4.12. The molecule has 0 fully saturated rings. The number of pyridine rings is 1. The van der Waals surface area contributed by atoms with Gasteiger partial charge in [0.25, 0.3) is 10.0 Å². The highest BCUT2D eigenvalue weighted by molar-refractivity contribution is 7.92. The summed E-state index contributed by atoms with van der Waals surface area (Å²) in [7, 11) is -3.68. The zero-order valence-electron chi connectivity index (χ0n) is 15.4. The SMILES string of the molecule is Cc1ccc(C)c(NS(=O)(=O)c2ccc(Nc3n[nH]c4cccnc34)cc2)c1. The lowest BCUT2D eigenvalue weighted by molar-refractivity contribution is 0.601. The van der Waals surface area contributed by atoms with Crippen molar-refractivity contribution in [2.45, 2.75) is 18.7 Å². The van der Waals surface area contributed by atoms with Gasteiger partial charge in [-0.05, 0) is 67.4 Å². The third-order valence-corrected chi connectivity index (χ3v) is 5.77. The Morgan fingerprint density at radius 2 is 1.79 bits per heavy atom. The molecule has 0 saturated carbocycles. The number of fused-ring (bicyclic) bond motifs is 1. The van der Waals surface area contributed by atoms with Gasteiger partial charge in [0.15, 0.2) is 5.82 Å². The van der Waals surface area contributed by atoms with E-state index in [-0.39, 0.29) is 4.90 Å². The van der Waals surface area contributed by atoms with Gasteiger partial charge in [-0.25, -0.2) is 8.42 Å². The van der Waals surface area contributed by atoms with Gasteiger partial charge in [0.2, 0.25) is 0 Å². The Morgan fingerprint density at radius 3 is 2.57 bits per heavy atom. The number of hydrogen-bond donors (Lipinski definition) is 3. The minimum Gasteiger partial charge on any atom is -0.337 e. The molecular weight excluding hydrogens is 374 g/mol. The average molecular weight is 393 g/mol. The molecule has 4 rings (SSSR count). The fraction of sp³-hybridized carbons (Fsp3) is 0.100. The highest BCUT2D eigenvalue weighted by Gasteiger charge is 2.16. The molecule has 0 aliphatic heterocycles. The predicted molar refractivity (Wildman–Crippen MR) is 110 cm³/mol. The minimum atomic E-state index is -3.68. The van der Waals surface area contributed by atoms with E-state index in [9.17, 15) is 8.42 Å². The van der Waals surface area contributed by atoms with Crippen LogP contribution in [0.4, 0.5) is 17.2 Å². The molecule has 0 aliphatic rings. The monoisotopic (exact) mass is 393 g/mol. The van der Waals surface area contributed by atoms with Crippen LogP contribution in [0.15, 0.2) is 65.7 Å². The number of H-pyrrole nitrogens is 1. The van der Waals surface area contributed by atoms with Crippen LogP contribution >= 0.6 is 0 Å². The van der Waals surface area contributed by atoms with Crippen LogP contribution in [0, 0.1) is 13.8 Å². The molecular formula is C20H19N5O2S. The topological polar surface area (TPSA) is 99.8 Å². The van der Waals surface area contributed by atoms with Gasteiger partial charge in [-0.1, -0.05) is 12.1 Å². The third-order valence-electron chi connectivity index (χ3n) is 4.38. The average Bonchev–Trinajstić information content (AvgIpc) is 3.08. The Bertz CT molecular complexity index is 1250. The maximum Gasteiger partial charge on any atom is 0.261 e. The van der Waals surface area contributed by atoms with Crippen molar-refractivity contribution in [3.05, 3.63) is 71.9 Å². The first-order valence-electron chi connectivity index (χ1n) is 8.69. The van der Waals surface area contributed by atoms with E-state index in [0.717, 1.165) is 22.2 Å². The summed E-state index contributed by atoms with van der Waals surface area (Å²) in [5.74, 6) is 0.583. The number of benzene rings is 2. The third kappa shape index (κ3) is 3.54. The van der Waals surface area contributed by atoms with Gasteiger partial charge in [0.1, 0.15) is 5.52 Å². The van der Waals surface area contributed by atoms with Crippen molar-refractivity contribution in [2.75, 3.05) is 10.0 Å². The van der Waals surface area contributed by atoms with Crippen molar-refractivity contribution in [3.8, 4) is 0 Å². The second kappa shape index (κ2) is 6.97. The van der Waals surface area contributed by atoms with Gasteiger partial charge in [-0.15, -0.1) is 0 Å². The van der Waals surface area contributed by atoms with Gasteiger partial charge < -0.3 is 5.32 Å². The lowest BCUT2D eigenvalue weighted by atomic mass is 10.1. The first-order chi connectivity index (χ1) is 13.4. The molecule has 0 spiro atoms. The molecule has 0 aliphatic carbocycles. The fourth-order valence-electron chi connectivity index (χ4n) is 2.84. The first-order valence-corrected chi connectivity index (χ1v) is 10.2. The summed E-state index contributed by atoms with van der Waals surface area (Å²) in [6.07, 6.45) is 1.69. The molecule has 0 unspecified atom stereocenters. The summed E-state index contributed by atoms with van der Waals surface area (Å²) in [4.78, 5) is 4.48. The zero-order valence-corrected chi connectivity index (χ0v) is 16.2. The van der Waals surface area contributed by atoms with Crippen LogP contribution in [-0.2, 0) is 10.0 Å². The number of nitrogens with zero attached hydrogens (tertiary/aromatic N) is 2. The lowest BCUT2D eigenvalue weighted by Gasteiger charge is -2.12. The minimum absolute atomic E-state index is 0.184. The maximum atomic E-state index is 12.7. The fourth-order valence-corrected chi connectivity index (χ4v) is 3.97. The molecule has 0 atom stereocenters. The molecule has 2 aromatic carbocycles. The van der Waals surface area contributed by atoms with Crippen molar-refractivity contribution in [1.29, 1.82) is 0 Å². The van der Waals surface area contributed by atoms with Crippen molar-refractivity contribution in [1.82, 2.24) is 15.2 Å². The molecule has 2 aromatic heterocycles. The van der Waals surface area contributed by atoms with E-state index in [0.29, 0.717) is 17.2 Å². The Labute approximate surface area is 162 Å². The van der Waals surface area contributed by atoms with E-state index < -0.39 is 10.0 Å². The highest BCUT2D eigenvalue weighted by Crippen LogP contribution is 2.24. The molecule has 0 saturated heterocycles. The number of nitrogens with one attached hydrogen (secondary N) is 3. The number of rotatable bonds is 5. The molecule has 7 nitrogen and oxygen atoms in total. The van der Waals surface area contributed by atoms with Gasteiger partial charge in [0, 0.05) is 11.9 Å². The van der Waals surface area contributed by atoms with Crippen LogP contribution in [0.3, 0.4) is 0 Å². The largest absolute Gasteiger partial charge is 0.337 e. The van der Waals surface area contributed by atoms with Crippen LogP contribution in [0.1, 0.15) is 11.1 Å². The van der Waals surface area contributed by atoms with Gasteiger partial charge in [0.05, 0.1) is 16.1 Å². The molecule has 8 heteroatoms. The van der Waals surface area contributed by atoms with Crippen molar-refractivity contribution >= 4 is 38.2 Å². The second-order valence-electron chi connectivity index (χ2n) is 6.55. The van der Waals surface area contributed by atoms with Crippen LogP contribution in [0.5, 0.6) is 0 Å². The van der Waals surface area contributed by atoms with Crippen molar-refractivity contribution in [2.24, 2.45) is 0 Å². The smallest absolute Gasteiger partial charge is 0.261 e. The lowest BCUT2D eigenvalue weighted by Crippen LogP contribution is -2.13. The number of aromatic nitrogens is 3. The normalized spacial score (nSPS) is 11.5. The number of aromatic amines is 1. The van der Waals surface area contributed by atoms with E-state index in [2.05, 4.69) is 25.2 Å². The van der Waals surface area contributed by atoms with Crippen LogP contribution in [-0.4, -0.2) is 23.6 Å². The standard InChI is InChI=1S/C20H19N5O2S/c1-13-5-6-14(2)18(12-13)25-28(26,27)16-9-7-15(8-10-16)22-20-19-17(23-24-20)4-3-11-21-19/h3-12,25H,1-2H3,(H2,22,23,24). The number of sulfonamides is 1. The van der Waals surface area contributed by atoms with E-state index >= 15 is 0 Å². The van der Waals surface area contributed by atoms with Crippen molar-refractivity contribution in [3.63, 3.8) is 0 Å². The van der Waals surface area contributed by atoms with E-state index in [1.807, 2.05) is 44.2 Å². The molecule has 0 amide bonds. The Hall–Kier alpha value is -3.39. The van der Waals surface area contributed by atoms with E-state index in [4.69, 9.17) is 0 Å². The first kappa shape index (κ1) is 18.0. The molecule has 4 aromatic rings. The maximum absolute atomic E-state index is 12.7. The van der Waals surface area contributed by atoms with Crippen molar-refractivity contribution < 1.29 is 8.42 Å². The van der Waals surface area contributed by atoms with Gasteiger partial charge in [-0.2, -0.15) is 5.10 Å². The quantitative estimate of drug-likeness (QED) is 0.474. The van der Waals surface area contributed by atoms with Crippen LogP contribution in [0.2, 0.25) is 0 Å². The Balaban J connectivity index is 1.56. The highest BCUT2D eigenvalue weighted by atomic mass is 32.2. The second-order valence-corrected chi connectivity index (χ2v) is 8.23. The molecule has 2 heterocycles. The van der Waals surface area contributed by atoms with E-state index in [1.54, 1.807) is 30.5 Å². The molecule has 3 N–H and O–H groups in total. The van der Waals surface area contributed by atoms with E-state index in [1.165, 1.54) is 0 Å². The number of hydrogen-bond acceptors (Lipinski definition) is 5. The number of aryl methyl sites for hydroxylation is 2. The van der Waals surface area contributed by atoms with Gasteiger partial charge in [-0.3, -0.25) is 14.8 Å². The molecule has 142 valence electrons. The summed E-state index contributed by atoms with van der Waals surface area (Å²) in [5.41, 5.74) is 4.69. The number of anilines is 3. The Morgan fingerprint density at radius 1 is 1.00 bits per heavy atom.